The highest BCUT2D eigenvalue weighted by Gasteiger charge is 2.28. The molecule has 0 spiro atoms. The Morgan fingerprint density at radius 3 is 2.24 bits per heavy atom. The Bertz CT molecular complexity index is 279. The van der Waals surface area contributed by atoms with E-state index in [1.165, 1.54) is 0 Å². The number of hydrogen-bond donors (Lipinski definition) is 2. The molecule has 1 aliphatic heterocycles. The van der Waals surface area contributed by atoms with Crippen molar-refractivity contribution in [3.05, 3.63) is 23.8 Å². The van der Waals surface area contributed by atoms with Gasteiger partial charge in [0.25, 0.3) is 0 Å². The van der Waals surface area contributed by atoms with Crippen molar-refractivity contribution >= 4 is 0 Å². The van der Waals surface area contributed by atoms with E-state index in [2.05, 4.69) is 16.8 Å². The zero-order valence-corrected chi connectivity index (χ0v) is 11.0. The van der Waals surface area contributed by atoms with Crippen molar-refractivity contribution in [1.29, 1.82) is 0 Å². The van der Waals surface area contributed by atoms with Gasteiger partial charge in [0.05, 0.1) is 6.04 Å². The highest BCUT2D eigenvalue weighted by Crippen LogP contribution is 2.16. The van der Waals surface area contributed by atoms with Crippen LogP contribution >= 0.6 is 0 Å². The molecule has 1 aliphatic rings. The van der Waals surface area contributed by atoms with Gasteiger partial charge in [0.15, 0.2) is 6.29 Å². The second kappa shape index (κ2) is 6.91. The van der Waals surface area contributed by atoms with E-state index >= 15 is 0 Å². The summed E-state index contributed by atoms with van der Waals surface area (Å²) in [5, 5.41) is 19.1. The number of aliphatic hydroxyl groups is 2. The lowest BCUT2D eigenvalue weighted by Gasteiger charge is -2.39. The first kappa shape index (κ1) is 14.4. The molecule has 0 amide bonds. The van der Waals surface area contributed by atoms with Gasteiger partial charge in [0, 0.05) is 26.2 Å². The van der Waals surface area contributed by atoms with E-state index in [1.807, 2.05) is 32.1 Å². The minimum absolute atomic E-state index is 0.292. The fraction of sp³-hybridized carbons (Fsp3) is 0.692. The van der Waals surface area contributed by atoms with Gasteiger partial charge >= 0.3 is 0 Å². The van der Waals surface area contributed by atoms with Crippen LogP contribution in [-0.4, -0.2) is 65.6 Å². The zero-order valence-electron chi connectivity index (χ0n) is 11.0. The fourth-order valence-corrected chi connectivity index (χ4v) is 2.16. The molecule has 17 heavy (non-hydrogen) atoms. The Hall–Kier alpha value is -0.680. The summed E-state index contributed by atoms with van der Waals surface area (Å²) in [4.78, 5) is 4.39. The van der Waals surface area contributed by atoms with E-state index in [0.717, 1.165) is 31.8 Å². The van der Waals surface area contributed by atoms with Crippen LogP contribution in [-0.2, 0) is 0 Å². The Labute approximate surface area is 104 Å². The SMILES string of the molecule is CC=CC=C(C)C(C(O)O)N1CCN(C)CC1. The van der Waals surface area contributed by atoms with E-state index < -0.39 is 6.29 Å². The van der Waals surface area contributed by atoms with Crippen LogP contribution in [0.4, 0.5) is 0 Å². The maximum absolute atomic E-state index is 9.54. The molecular formula is C13H24N2O2. The van der Waals surface area contributed by atoms with Crippen molar-refractivity contribution in [2.75, 3.05) is 33.2 Å². The zero-order chi connectivity index (χ0) is 12.8. The lowest BCUT2D eigenvalue weighted by Crippen LogP contribution is -2.53. The number of likely N-dealkylation sites (N-methyl/N-ethyl adjacent to an activating group) is 1. The number of hydrogen-bond acceptors (Lipinski definition) is 4. The van der Waals surface area contributed by atoms with Crippen molar-refractivity contribution < 1.29 is 10.2 Å². The van der Waals surface area contributed by atoms with Gasteiger partial charge in [-0.1, -0.05) is 23.8 Å². The second-order valence-electron chi connectivity index (χ2n) is 4.63. The Morgan fingerprint density at radius 2 is 1.76 bits per heavy atom. The summed E-state index contributed by atoms with van der Waals surface area (Å²) >= 11 is 0. The molecule has 1 rings (SSSR count). The van der Waals surface area contributed by atoms with Gasteiger partial charge in [-0.25, -0.2) is 0 Å². The summed E-state index contributed by atoms with van der Waals surface area (Å²) in [5.41, 5.74) is 0.989. The molecule has 0 aromatic carbocycles. The molecule has 1 heterocycles. The van der Waals surface area contributed by atoms with Crippen LogP contribution in [0, 0.1) is 0 Å². The molecule has 4 heteroatoms. The smallest absolute Gasteiger partial charge is 0.171 e. The summed E-state index contributed by atoms with van der Waals surface area (Å²) in [5.74, 6) is 0. The Morgan fingerprint density at radius 1 is 1.18 bits per heavy atom. The molecule has 0 saturated carbocycles. The molecule has 1 fully saturated rings. The van der Waals surface area contributed by atoms with E-state index in [0.29, 0.717) is 0 Å². The maximum atomic E-state index is 9.54. The first-order valence-electron chi connectivity index (χ1n) is 6.14. The van der Waals surface area contributed by atoms with Crippen molar-refractivity contribution in [3.63, 3.8) is 0 Å². The molecular weight excluding hydrogens is 216 g/mol. The topological polar surface area (TPSA) is 46.9 Å². The lowest BCUT2D eigenvalue weighted by molar-refractivity contribution is -0.0946. The monoisotopic (exact) mass is 240 g/mol. The van der Waals surface area contributed by atoms with Crippen molar-refractivity contribution in [3.8, 4) is 0 Å². The van der Waals surface area contributed by atoms with Crippen molar-refractivity contribution in [2.24, 2.45) is 0 Å². The third-order valence-electron chi connectivity index (χ3n) is 3.23. The normalized spacial score (nSPS) is 22.6. The minimum Gasteiger partial charge on any atom is -0.366 e. The summed E-state index contributed by atoms with van der Waals surface area (Å²) in [6.45, 7) is 7.59. The van der Waals surface area contributed by atoms with Crippen LogP contribution in [0.5, 0.6) is 0 Å². The number of aliphatic hydroxyl groups excluding tert-OH is 1. The quantitative estimate of drug-likeness (QED) is 0.553. The molecule has 1 saturated heterocycles. The van der Waals surface area contributed by atoms with Gasteiger partial charge in [0.2, 0.25) is 0 Å². The van der Waals surface area contributed by atoms with E-state index in [9.17, 15) is 10.2 Å². The number of rotatable bonds is 4. The lowest BCUT2D eigenvalue weighted by atomic mass is 10.0. The highest BCUT2D eigenvalue weighted by molar-refractivity contribution is 5.17. The van der Waals surface area contributed by atoms with Crippen molar-refractivity contribution in [2.45, 2.75) is 26.2 Å². The summed E-state index contributed by atoms with van der Waals surface area (Å²) < 4.78 is 0. The van der Waals surface area contributed by atoms with E-state index in [-0.39, 0.29) is 6.04 Å². The summed E-state index contributed by atoms with van der Waals surface area (Å²) in [6.07, 6.45) is 4.50. The van der Waals surface area contributed by atoms with Gasteiger partial charge in [-0.15, -0.1) is 0 Å². The van der Waals surface area contributed by atoms with Gasteiger partial charge in [-0.05, 0) is 20.9 Å². The predicted molar refractivity (Wildman–Crippen MR) is 69.7 cm³/mol. The van der Waals surface area contributed by atoms with Crippen LogP contribution in [0.1, 0.15) is 13.8 Å². The highest BCUT2D eigenvalue weighted by atomic mass is 16.5. The van der Waals surface area contributed by atoms with Crippen LogP contribution in [0.3, 0.4) is 0 Å². The predicted octanol–water partition coefficient (Wildman–Crippen LogP) is 0.435. The number of piperazine rings is 1. The van der Waals surface area contributed by atoms with Gasteiger partial charge in [0.1, 0.15) is 0 Å². The van der Waals surface area contributed by atoms with E-state index in [1.54, 1.807) is 0 Å². The molecule has 4 nitrogen and oxygen atoms in total. The van der Waals surface area contributed by atoms with E-state index in [4.69, 9.17) is 0 Å². The van der Waals surface area contributed by atoms with Crippen LogP contribution in [0.15, 0.2) is 23.8 Å². The molecule has 0 aromatic heterocycles. The number of nitrogens with zero attached hydrogens (tertiary/aromatic N) is 2. The van der Waals surface area contributed by atoms with Gasteiger partial charge in [-0.3, -0.25) is 4.90 Å². The Balaban J connectivity index is 2.72. The molecule has 0 bridgehead atoms. The minimum atomic E-state index is -1.32. The molecule has 0 aliphatic carbocycles. The first-order valence-corrected chi connectivity index (χ1v) is 6.14. The number of allylic oxidation sites excluding steroid dienone is 3. The molecule has 2 N–H and O–H groups in total. The summed E-state index contributed by atoms with van der Waals surface area (Å²) in [6, 6.07) is -0.292. The molecule has 1 unspecified atom stereocenters. The second-order valence-corrected chi connectivity index (χ2v) is 4.63. The fourth-order valence-electron chi connectivity index (χ4n) is 2.16. The largest absolute Gasteiger partial charge is 0.366 e. The summed E-state index contributed by atoms with van der Waals surface area (Å²) in [7, 11) is 2.09. The average molecular weight is 240 g/mol. The van der Waals surface area contributed by atoms with Gasteiger partial charge in [-0.2, -0.15) is 0 Å². The maximum Gasteiger partial charge on any atom is 0.171 e. The van der Waals surface area contributed by atoms with Crippen LogP contribution < -0.4 is 0 Å². The van der Waals surface area contributed by atoms with Crippen LogP contribution in [0.25, 0.3) is 0 Å². The third-order valence-corrected chi connectivity index (χ3v) is 3.23. The average Bonchev–Trinajstić information content (AvgIpc) is 2.29. The van der Waals surface area contributed by atoms with Crippen molar-refractivity contribution in [1.82, 2.24) is 9.80 Å². The Kier molecular flexibility index (Phi) is 5.85. The van der Waals surface area contributed by atoms with Crippen LogP contribution in [0.2, 0.25) is 0 Å². The van der Waals surface area contributed by atoms with Gasteiger partial charge < -0.3 is 15.1 Å². The molecule has 1 atom stereocenters. The molecule has 0 radical (unpaired) electrons. The first-order chi connectivity index (χ1) is 8.06. The standard InChI is InChI=1S/C13H24N2O2/c1-4-5-6-11(2)12(13(16)17)15-9-7-14(3)8-10-15/h4-6,12-13,16-17H,7-10H2,1-3H3. The molecule has 0 aromatic rings. The molecule has 98 valence electrons. The third kappa shape index (κ3) is 4.24.